The summed E-state index contributed by atoms with van der Waals surface area (Å²) in [6, 6.07) is 18.6. The molecular formula is C23H23N3O3S. The predicted molar refractivity (Wildman–Crippen MR) is 119 cm³/mol. The van der Waals surface area contributed by atoms with Gasteiger partial charge >= 0.3 is 0 Å². The summed E-state index contributed by atoms with van der Waals surface area (Å²) in [5.74, 6) is 1.23. The number of fused-ring (bicyclic) bond motifs is 1. The highest BCUT2D eigenvalue weighted by atomic mass is 32.2. The number of hydrogen-bond donors (Lipinski definition) is 1. The molecule has 0 atom stereocenters. The molecule has 2 heterocycles. The van der Waals surface area contributed by atoms with Crippen LogP contribution in [0.1, 0.15) is 18.2 Å². The Morgan fingerprint density at radius 3 is 2.50 bits per heavy atom. The van der Waals surface area contributed by atoms with Crippen molar-refractivity contribution in [2.75, 3.05) is 12.0 Å². The molecular weight excluding hydrogens is 398 g/mol. The largest absolute Gasteiger partial charge is 0.457 e. The van der Waals surface area contributed by atoms with Crippen molar-refractivity contribution in [2.45, 2.75) is 19.1 Å². The molecule has 0 unspecified atom stereocenters. The first-order valence-electron chi connectivity index (χ1n) is 9.64. The highest BCUT2D eigenvalue weighted by molar-refractivity contribution is 7.89. The lowest BCUT2D eigenvalue weighted by molar-refractivity contribution is 0.482. The Bertz CT molecular complexity index is 1330. The van der Waals surface area contributed by atoms with E-state index < -0.39 is 9.84 Å². The molecule has 4 rings (SSSR count). The summed E-state index contributed by atoms with van der Waals surface area (Å²) in [5, 5.41) is 0. The molecule has 0 amide bonds. The second kappa shape index (κ2) is 7.84. The average Bonchev–Trinajstić information content (AvgIpc) is 3.07. The van der Waals surface area contributed by atoms with E-state index in [0.717, 1.165) is 29.0 Å². The van der Waals surface area contributed by atoms with E-state index in [2.05, 4.69) is 6.92 Å². The zero-order valence-electron chi connectivity index (χ0n) is 16.9. The maximum absolute atomic E-state index is 11.6. The number of hydrogen-bond acceptors (Lipinski definition) is 5. The molecule has 30 heavy (non-hydrogen) atoms. The molecule has 0 spiro atoms. The first-order valence-corrected chi connectivity index (χ1v) is 11.7. The van der Waals surface area contributed by atoms with Crippen LogP contribution in [-0.4, -0.2) is 24.1 Å². The number of benzene rings is 2. The highest BCUT2D eigenvalue weighted by Gasteiger charge is 2.15. The van der Waals surface area contributed by atoms with Gasteiger partial charge in [0, 0.05) is 18.0 Å². The van der Waals surface area contributed by atoms with Crippen LogP contribution in [0.3, 0.4) is 0 Å². The number of aryl methyl sites for hydroxylation is 1. The van der Waals surface area contributed by atoms with E-state index in [9.17, 15) is 8.42 Å². The first-order chi connectivity index (χ1) is 14.3. The van der Waals surface area contributed by atoms with E-state index in [4.69, 9.17) is 15.5 Å². The third-order valence-corrected chi connectivity index (χ3v) is 5.62. The number of sulfone groups is 1. The molecule has 4 aromatic rings. The number of nitrogen functional groups attached to an aromatic ring is 1. The summed E-state index contributed by atoms with van der Waals surface area (Å²) in [7, 11) is -3.11. The van der Waals surface area contributed by atoms with Gasteiger partial charge in [-0.3, -0.25) is 4.40 Å². The van der Waals surface area contributed by atoms with E-state index in [1.165, 1.54) is 6.26 Å². The molecule has 0 aliphatic carbocycles. The molecule has 0 bridgehead atoms. The maximum atomic E-state index is 11.6. The average molecular weight is 422 g/mol. The Balaban J connectivity index is 1.70. The third-order valence-electron chi connectivity index (χ3n) is 4.76. The van der Waals surface area contributed by atoms with Crippen molar-refractivity contribution >= 4 is 21.2 Å². The fourth-order valence-electron chi connectivity index (χ4n) is 3.53. The molecule has 154 valence electrons. The number of aromatic nitrogens is 2. The monoisotopic (exact) mass is 421 g/mol. The SMILES string of the molecule is CCc1nc2c(N)cccn2c1-c1cccc(Oc2cccc(CS(C)(=O)=O)c2)c1. The third kappa shape index (κ3) is 4.16. The van der Waals surface area contributed by atoms with Gasteiger partial charge in [0.1, 0.15) is 11.5 Å². The maximum Gasteiger partial charge on any atom is 0.160 e. The first kappa shape index (κ1) is 20.0. The molecule has 0 fully saturated rings. The molecule has 2 aromatic heterocycles. The van der Waals surface area contributed by atoms with Crippen LogP contribution >= 0.6 is 0 Å². The molecule has 7 heteroatoms. The minimum Gasteiger partial charge on any atom is -0.457 e. The van der Waals surface area contributed by atoms with Crippen molar-refractivity contribution in [1.29, 1.82) is 0 Å². The lowest BCUT2D eigenvalue weighted by atomic mass is 10.1. The van der Waals surface area contributed by atoms with Crippen LogP contribution in [0.4, 0.5) is 5.69 Å². The van der Waals surface area contributed by atoms with E-state index in [1.54, 1.807) is 18.2 Å². The fourth-order valence-corrected chi connectivity index (χ4v) is 4.32. The van der Waals surface area contributed by atoms with Gasteiger partial charge < -0.3 is 10.5 Å². The van der Waals surface area contributed by atoms with Gasteiger partial charge in [0.05, 0.1) is 22.8 Å². The molecule has 2 N–H and O–H groups in total. The van der Waals surface area contributed by atoms with Crippen molar-refractivity contribution in [3.8, 4) is 22.8 Å². The van der Waals surface area contributed by atoms with Gasteiger partial charge in [-0.2, -0.15) is 0 Å². The highest BCUT2D eigenvalue weighted by Crippen LogP contribution is 2.32. The van der Waals surface area contributed by atoms with Crippen molar-refractivity contribution in [2.24, 2.45) is 0 Å². The molecule has 0 saturated carbocycles. The quantitative estimate of drug-likeness (QED) is 0.496. The summed E-state index contributed by atoms with van der Waals surface area (Å²) in [6.07, 6.45) is 3.95. The second-order valence-corrected chi connectivity index (χ2v) is 9.41. The zero-order chi connectivity index (χ0) is 21.3. The summed E-state index contributed by atoms with van der Waals surface area (Å²) >= 11 is 0. The van der Waals surface area contributed by atoms with Gasteiger partial charge in [-0.25, -0.2) is 13.4 Å². The zero-order valence-corrected chi connectivity index (χ0v) is 17.7. The van der Waals surface area contributed by atoms with Gasteiger partial charge in [0.2, 0.25) is 0 Å². The van der Waals surface area contributed by atoms with Crippen LogP contribution in [0.15, 0.2) is 66.9 Å². The van der Waals surface area contributed by atoms with Crippen molar-refractivity contribution in [3.05, 3.63) is 78.1 Å². The summed E-state index contributed by atoms with van der Waals surface area (Å²) in [6.45, 7) is 2.06. The van der Waals surface area contributed by atoms with Crippen molar-refractivity contribution in [3.63, 3.8) is 0 Å². The fraction of sp³-hybridized carbons (Fsp3) is 0.174. The molecule has 6 nitrogen and oxygen atoms in total. The van der Waals surface area contributed by atoms with Gasteiger partial charge in [0.15, 0.2) is 15.5 Å². The second-order valence-electron chi connectivity index (χ2n) is 7.27. The predicted octanol–water partition coefficient (Wildman–Crippen LogP) is 4.48. The van der Waals surface area contributed by atoms with Crippen LogP contribution in [0.25, 0.3) is 16.9 Å². The minimum absolute atomic E-state index is 0.0205. The van der Waals surface area contributed by atoms with Crippen LogP contribution in [0.2, 0.25) is 0 Å². The number of imidazole rings is 1. The number of rotatable bonds is 6. The van der Waals surface area contributed by atoms with Gasteiger partial charge in [0.25, 0.3) is 0 Å². The Kier molecular flexibility index (Phi) is 5.22. The Labute approximate surface area is 175 Å². The van der Waals surface area contributed by atoms with Gasteiger partial charge in [-0.1, -0.05) is 31.2 Å². The Morgan fingerprint density at radius 1 is 1.03 bits per heavy atom. The molecule has 0 aliphatic heterocycles. The Morgan fingerprint density at radius 2 is 1.77 bits per heavy atom. The van der Waals surface area contributed by atoms with E-state index in [0.29, 0.717) is 22.7 Å². The van der Waals surface area contributed by atoms with Crippen molar-refractivity contribution < 1.29 is 13.2 Å². The Hall–Kier alpha value is -3.32. The lowest BCUT2D eigenvalue weighted by Gasteiger charge is -2.10. The minimum atomic E-state index is -3.11. The molecule has 0 aliphatic rings. The summed E-state index contributed by atoms with van der Waals surface area (Å²) < 4.78 is 31.2. The van der Waals surface area contributed by atoms with Crippen LogP contribution < -0.4 is 10.5 Å². The normalized spacial score (nSPS) is 11.7. The topological polar surface area (TPSA) is 86.7 Å². The number of ether oxygens (including phenoxy) is 1. The van der Waals surface area contributed by atoms with Crippen LogP contribution in [-0.2, 0) is 22.0 Å². The van der Waals surface area contributed by atoms with E-state index in [-0.39, 0.29) is 5.75 Å². The number of anilines is 1. The summed E-state index contributed by atoms with van der Waals surface area (Å²) in [4.78, 5) is 4.71. The van der Waals surface area contributed by atoms with Crippen LogP contribution in [0.5, 0.6) is 11.5 Å². The van der Waals surface area contributed by atoms with Gasteiger partial charge in [-0.05, 0) is 48.4 Å². The summed E-state index contributed by atoms with van der Waals surface area (Å²) in [5.41, 5.74) is 11.1. The van der Waals surface area contributed by atoms with Crippen molar-refractivity contribution in [1.82, 2.24) is 9.38 Å². The standard InChI is InChI=1S/C23H23N3O3S/c1-3-21-22(26-12-6-11-20(24)23(26)25-21)17-8-5-10-19(14-17)29-18-9-4-7-16(13-18)15-30(2,27)28/h4-14H,3,15,24H2,1-2H3. The number of pyridine rings is 1. The van der Waals surface area contributed by atoms with E-state index >= 15 is 0 Å². The molecule has 0 radical (unpaired) electrons. The van der Waals surface area contributed by atoms with Gasteiger partial charge in [-0.15, -0.1) is 0 Å². The number of nitrogens with two attached hydrogens (primary N) is 1. The smallest absolute Gasteiger partial charge is 0.160 e. The van der Waals surface area contributed by atoms with Crippen LogP contribution in [0, 0.1) is 0 Å². The molecule has 2 aromatic carbocycles. The lowest BCUT2D eigenvalue weighted by Crippen LogP contribution is -2.00. The number of nitrogens with zero attached hydrogens (tertiary/aromatic N) is 2. The molecule has 0 saturated heterocycles. The van der Waals surface area contributed by atoms with E-state index in [1.807, 2.05) is 53.1 Å².